The Bertz CT molecular complexity index is 1030. The average Bonchev–Trinajstić information content (AvgIpc) is 2.93. The summed E-state index contributed by atoms with van der Waals surface area (Å²) < 4.78 is 31.3. The number of rotatable bonds is 4. The third-order valence-electron chi connectivity index (χ3n) is 4.37. The van der Waals surface area contributed by atoms with Gasteiger partial charge in [0.05, 0.1) is 12.6 Å². The molecule has 2 aromatic rings. The first-order valence-corrected chi connectivity index (χ1v) is 11.2. The lowest BCUT2D eigenvalue weighted by Crippen LogP contribution is -2.47. The van der Waals surface area contributed by atoms with Crippen molar-refractivity contribution in [3.63, 3.8) is 0 Å². The van der Waals surface area contributed by atoms with Crippen molar-refractivity contribution >= 4 is 40.4 Å². The first-order chi connectivity index (χ1) is 14.6. The van der Waals surface area contributed by atoms with Crippen molar-refractivity contribution in [1.29, 1.82) is 0 Å². The van der Waals surface area contributed by atoms with E-state index in [1.807, 2.05) is 0 Å². The topological polar surface area (TPSA) is 107 Å². The lowest BCUT2D eigenvalue weighted by molar-refractivity contribution is 0.00513. The van der Waals surface area contributed by atoms with Crippen LogP contribution in [0.25, 0.3) is 10.9 Å². The second-order valence-corrected chi connectivity index (χ2v) is 9.04. The highest BCUT2D eigenvalue weighted by Crippen LogP contribution is 2.28. The molecule has 0 saturated carbocycles. The number of pyridine rings is 1. The molecule has 0 unspecified atom stereocenters. The number of ether oxygens (including phenoxy) is 3. The molecule has 31 heavy (non-hydrogen) atoms. The fraction of sp³-hybridized carbons (Fsp3) is 0.579. The van der Waals surface area contributed by atoms with Crippen molar-refractivity contribution in [2.45, 2.75) is 44.0 Å². The van der Waals surface area contributed by atoms with Crippen LogP contribution in [0.15, 0.2) is 9.95 Å². The predicted octanol–water partition coefficient (Wildman–Crippen LogP) is 3.24. The first kappa shape index (κ1) is 23.6. The molecule has 1 N–H and O–H groups in total. The molecule has 1 amide bonds. The Morgan fingerprint density at radius 3 is 2.84 bits per heavy atom. The minimum Gasteiger partial charge on any atom is -0.475 e. The molecule has 12 heteroatoms. The van der Waals surface area contributed by atoms with Crippen molar-refractivity contribution in [1.82, 2.24) is 19.9 Å². The second-order valence-electron chi connectivity index (χ2n) is 7.89. The number of carbonyl (C=O) groups is 1. The number of hydrogen-bond acceptors (Lipinski definition) is 8. The zero-order valence-electron chi connectivity index (χ0n) is 17.7. The summed E-state index contributed by atoms with van der Waals surface area (Å²) in [7, 11) is 0. The molecule has 3 rings (SSSR count). The summed E-state index contributed by atoms with van der Waals surface area (Å²) in [4.78, 5) is 37.2. The molecule has 0 aromatic carbocycles. The van der Waals surface area contributed by atoms with Crippen LogP contribution in [0.5, 0.6) is 5.88 Å². The Kier molecular flexibility index (Phi) is 7.28. The Labute approximate surface area is 187 Å². The summed E-state index contributed by atoms with van der Waals surface area (Å²) in [5, 5.41) is -0.385. The fourth-order valence-corrected chi connectivity index (χ4v) is 3.55. The van der Waals surface area contributed by atoms with Crippen molar-refractivity contribution in [2.24, 2.45) is 0 Å². The highest BCUT2D eigenvalue weighted by Gasteiger charge is 2.31. The maximum Gasteiger partial charge on any atom is 0.410 e. The van der Waals surface area contributed by atoms with Crippen LogP contribution < -0.4 is 10.3 Å². The number of nitrogens with one attached hydrogen (secondary N) is 1. The number of thioether (sulfide) groups is 1. The van der Waals surface area contributed by atoms with Crippen LogP contribution in [0.3, 0.4) is 0 Å². The molecule has 1 atom stereocenters. The summed E-state index contributed by atoms with van der Waals surface area (Å²) in [6, 6.07) is -0.504. The highest BCUT2D eigenvalue weighted by atomic mass is 35.5. The number of H-pyrrole nitrogens is 1. The summed E-state index contributed by atoms with van der Waals surface area (Å²) in [6.07, 6.45) is 1.84. The summed E-state index contributed by atoms with van der Waals surface area (Å²) >= 11 is 7.06. The minimum atomic E-state index is -0.904. The van der Waals surface area contributed by atoms with E-state index in [-0.39, 0.29) is 35.2 Å². The van der Waals surface area contributed by atoms with Crippen LogP contribution in [-0.2, 0) is 9.47 Å². The quantitative estimate of drug-likeness (QED) is 0.409. The number of aromatic amines is 1. The van der Waals surface area contributed by atoms with E-state index in [0.29, 0.717) is 19.6 Å². The monoisotopic (exact) mass is 474 g/mol. The molecule has 1 fully saturated rings. The van der Waals surface area contributed by atoms with Crippen LogP contribution in [0.1, 0.15) is 27.2 Å². The molecule has 1 aliphatic rings. The minimum absolute atomic E-state index is 0.0625. The fourth-order valence-electron chi connectivity index (χ4n) is 3.01. The van der Waals surface area contributed by atoms with Gasteiger partial charge in [-0.15, -0.1) is 0 Å². The molecule has 1 saturated heterocycles. The Hall–Kier alpha value is -2.11. The largest absolute Gasteiger partial charge is 0.475 e. The van der Waals surface area contributed by atoms with Crippen molar-refractivity contribution in [2.75, 3.05) is 32.6 Å². The van der Waals surface area contributed by atoms with Crippen LogP contribution in [-0.4, -0.2) is 70.2 Å². The van der Waals surface area contributed by atoms with Gasteiger partial charge >= 0.3 is 6.09 Å². The van der Waals surface area contributed by atoms with Gasteiger partial charge in [0, 0.05) is 13.2 Å². The molecule has 0 bridgehead atoms. The molecule has 0 spiro atoms. The van der Waals surface area contributed by atoms with E-state index >= 15 is 0 Å². The standard InChI is InChI=1S/C19H24ClFN4O5S/c1-19(2,3)30-18(27)25-6-5-7-28-8-10(25)9-29-16-11-13(12(21)14(20)23-16)22-17(31-4)24-15(11)26/h10H,5-9H2,1-4H3,(H,22,24,26)/t10-/m0/s1. The normalized spacial score (nSPS) is 17.5. The van der Waals surface area contributed by atoms with E-state index < -0.39 is 34.3 Å². The number of fused-ring (bicyclic) bond motifs is 1. The summed E-state index contributed by atoms with van der Waals surface area (Å²) in [5.74, 6) is -1.07. The van der Waals surface area contributed by atoms with Gasteiger partial charge in [-0.3, -0.25) is 9.69 Å². The van der Waals surface area contributed by atoms with Crippen molar-refractivity contribution in [3.05, 3.63) is 21.3 Å². The molecule has 170 valence electrons. The molecular formula is C19H24ClFN4O5S. The molecule has 0 aliphatic carbocycles. The number of aromatic nitrogens is 3. The number of carbonyl (C=O) groups excluding carboxylic acids is 1. The Morgan fingerprint density at radius 2 is 2.16 bits per heavy atom. The molecule has 2 aromatic heterocycles. The zero-order valence-corrected chi connectivity index (χ0v) is 19.2. The van der Waals surface area contributed by atoms with Crippen LogP contribution in [0.4, 0.5) is 9.18 Å². The van der Waals surface area contributed by atoms with Gasteiger partial charge in [0.2, 0.25) is 5.88 Å². The van der Waals surface area contributed by atoms with Gasteiger partial charge in [-0.05, 0) is 33.4 Å². The van der Waals surface area contributed by atoms with Crippen molar-refractivity contribution in [3.8, 4) is 5.88 Å². The molecular weight excluding hydrogens is 451 g/mol. The van der Waals surface area contributed by atoms with Gasteiger partial charge < -0.3 is 19.2 Å². The highest BCUT2D eigenvalue weighted by molar-refractivity contribution is 7.98. The number of amides is 1. The average molecular weight is 475 g/mol. The summed E-state index contributed by atoms with van der Waals surface area (Å²) in [5.41, 5.74) is -1.50. The lowest BCUT2D eigenvalue weighted by atomic mass is 10.2. The van der Waals surface area contributed by atoms with Crippen LogP contribution in [0, 0.1) is 5.82 Å². The molecule has 9 nitrogen and oxygen atoms in total. The van der Waals surface area contributed by atoms with Crippen LogP contribution in [0.2, 0.25) is 5.15 Å². The number of hydrogen-bond donors (Lipinski definition) is 1. The van der Waals surface area contributed by atoms with Gasteiger partial charge in [0.15, 0.2) is 16.1 Å². The number of halogens is 2. The zero-order chi connectivity index (χ0) is 22.8. The van der Waals surface area contributed by atoms with Crippen molar-refractivity contribution < 1.29 is 23.4 Å². The third-order valence-corrected chi connectivity index (χ3v) is 5.20. The van der Waals surface area contributed by atoms with E-state index in [0.717, 1.165) is 11.8 Å². The first-order valence-electron chi connectivity index (χ1n) is 9.64. The number of nitrogens with zero attached hydrogens (tertiary/aromatic N) is 3. The third kappa shape index (κ3) is 5.58. The van der Waals surface area contributed by atoms with Gasteiger partial charge in [-0.25, -0.2) is 14.2 Å². The molecule has 0 radical (unpaired) electrons. The predicted molar refractivity (Wildman–Crippen MR) is 115 cm³/mol. The van der Waals surface area contributed by atoms with E-state index in [4.69, 9.17) is 25.8 Å². The van der Waals surface area contributed by atoms with E-state index in [1.54, 1.807) is 27.0 Å². The molecule has 3 heterocycles. The van der Waals surface area contributed by atoms with Crippen LogP contribution >= 0.6 is 23.4 Å². The van der Waals surface area contributed by atoms with E-state index in [2.05, 4.69) is 15.0 Å². The van der Waals surface area contributed by atoms with Gasteiger partial charge in [0.1, 0.15) is 23.1 Å². The van der Waals surface area contributed by atoms with Gasteiger partial charge in [0.25, 0.3) is 5.56 Å². The maximum absolute atomic E-state index is 14.5. The lowest BCUT2D eigenvalue weighted by Gasteiger charge is -2.31. The maximum atomic E-state index is 14.5. The smallest absolute Gasteiger partial charge is 0.410 e. The molecule has 1 aliphatic heterocycles. The SMILES string of the molecule is CSc1nc2c(F)c(Cl)nc(OC[C@@H]3COCCCN3C(=O)OC(C)(C)C)c2c(=O)[nH]1. The Morgan fingerprint density at radius 1 is 1.42 bits per heavy atom. The van der Waals surface area contributed by atoms with E-state index in [9.17, 15) is 14.0 Å². The van der Waals surface area contributed by atoms with Gasteiger partial charge in [-0.1, -0.05) is 23.4 Å². The van der Waals surface area contributed by atoms with Gasteiger partial charge in [-0.2, -0.15) is 4.98 Å². The summed E-state index contributed by atoms with van der Waals surface area (Å²) in [6.45, 7) is 6.39. The van der Waals surface area contributed by atoms with E-state index in [1.165, 1.54) is 4.90 Å². The second kappa shape index (κ2) is 9.58. The Balaban J connectivity index is 1.90.